The van der Waals surface area contributed by atoms with Crippen molar-refractivity contribution in [2.75, 3.05) is 26.2 Å². The standard InChI is InChI=1S/C16H17ClN2O7/c1-3-25-16(21)11(9-18)15(20)10-7-13(24-2)14(26-6-4-5-17)8-12(10)19(22)23/h7-8,11H,3-6H2,1-2H3. The van der Waals surface area contributed by atoms with E-state index in [2.05, 4.69) is 4.74 Å². The van der Waals surface area contributed by atoms with Crippen LogP contribution in [0.4, 0.5) is 5.69 Å². The third-order valence-corrected chi connectivity index (χ3v) is 3.46. The normalized spacial score (nSPS) is 11.2. The number of ketones is 1. The lowest BCUT2D eigenvalue weighted by Crippen LogP contribution is -2.25. The molecule has 1 aromatic carbocycles. The zero-order chi connectivity index (χ0) is 19.7. The highest BCUT2D eigenvalue weighted by Gasteiger charge is 2.34. The maximum Gasteiger partial charge on any atom is 0.331 e. The van der Waals surface area contributed by atoms with Crippen LogP contribution in [0.15, 0.2) is 12.1 Å². The number of hydrogen-bond acceptors (Lipinski definition) is 8. The van der Waals surface area contributed by atoms with Crippen LogP contribution in [0.1, 0.15) is 23.7 Å². The highest BCUT2D eigenvalue weighted by atomic mass is 35.5. The number of nitro groups is 1. The molecule has 0 aromatic heterocycles. The number of ether oxygens (including phenoxy) is 3. The summed E-state index contributed by atoms with van der Waals surface area (Å²) in [7, 11) is 1.29. The molecule has 1 unspecified atom stereocenters. The minimum Gasteiger partial charge on any atom is -0.493 e. The Balaban J connectivity index is 3.36. The molecule has 0 bridgehead atoms. The number of Topliss-reactive ketones (excluding diaryl/α,β-unsaturated/α-hetero) is 1. The van der Waals surface area contributed by atoms with Gasteiger partial charge in [-0.2, -0.15) is 5.26 Å². The number of carbonyl (C=O) groups is 2. The van der Waals surface area contributed by atoms with E-state index >= 15 is 0 Å². The summed E-state index contributed by atoms with van der Waals surface area (Å²) in [6.07, 6.45) is 0.499. The average molecular weight is 385 g/mol. The summed E-state index contributed by atoms with van der Waals surface area (Å²) in [6.45, 7) is 1.66. The van der Waals surface area contributed by atoms with Crippen LogP contribution in [0.25, 0.3) is 0 Å². The molecule has 0 saturated heterocycles. The lowest BCUT2D eigenvalue weighted by atomic mass is 9.97. The molecule has 0 aliphatic rings. The molecular formula is C16H17ClN2O7. The molecule has 1 rings (SSSR count). The average Bonchev–Trinajstić information content (AvgIpc) is 2.62. The Labute approximate surface area is 154 Å². The van der Waals surface area contributed by atoms with Crippen LogP contribution < -0.4 is 9.47 Å². The van der Waals surface area contributed by atoms with Crippen LogP contribution in [0.2, 0.25) is 0 Å². The van der Waals surface area contributed by atoms with Crippen molar-refractivity contribution in [3.8, 4) is 17.6 Å². The van der Waals surface area contributed by atoms with Gasteiger partial charge in [-0.1, -0.05) is 0 Å². The Morgan fingerprint density at radius 1 is 1.38 bits per heavy atom. The number of carbonyl (C=O) groups excluding carboxylic acids is 2. The summed E-state index contributed by atoms with van der Waals surface area (Å²) in [6, 6.07) is 3.59. The fourth-order valence-corrected chi connectivity index (χ4v) is 2.12. The quantitative estimate of drug-likeness (QED) is 0.114. The fraction of sp³-hybridized carbons (Fsp3) is 0.438. The number of nitrogens with zero attached hydrogens (tertiary/aromatic N) is 2. The molecule has 0 amide bonds. The summed E-state index contributed by atoms with van der Waals surface area (Å²) < 4.78 is 15.1. The first-order valence-electron chi connectivity index (χ1n) is 7.56. The smallest absolute Gasteiger partial charge is 0.331 e. The maximum absolute atomic E-state index is 12.5. The number of methoxy groups -OCH3 is 1. The molecule has 0 heterocycles. The van der Waals surface area contributed by atoms with E-state index in [-0.39, 0.29) is 24.7 Å². The van der Waals surface area contributed by atoms with Gasteiger partial charge in [-0.15, -0.1) is 11.6 Å². The fourth-order valence-electron chi connectivity index (χ4n) is 2.01. The number of nitro benzene ring substituents is 1. The van der Waals surface area contributed by atoms with Gasteiger partial charge in [0.1, 0.15) is 5.56 Å². The van der Waals surface area contributed by atoms with Crippen molar-refractivity contribution in [2.45, 2.75) is 13.3 Å². The van der Waals surface area contributed by atoms with Gasteiger partial charge in [-0.25, -0.2) is 0 Å². The number of halogens is 1. The van der Waals surface area contributed by atoms with Crippen molar-refractivity contribution in [2.24, 2.45) is 5.92 Å². The van der Waals surface area contributed by atoms with Crippen molar-refractivity contribution in [3.05, 3.63) is 27.8 Å². The van der Waals surface area contributed by atoms with Crippen molar-refractivity contribution in [1.29, 1.82) is 5.26 Å². The molecule has 26 heavy (non-hydrogen) atoms. The second-order valence-electron chi connectivity index (χ2n) is 4.85. The third kappa shape index (κ3) is 5.07. The van der Waals surface area contributed by atoms with Crippen LogP contribution in [-0.4, -0.2) is 42.9 Å². The number of alkyl halides is 1. The summed E-state index contributed by atoms with van der Waals surface area (Å²) in [5.74, 6) is -3.51. The Morgan fingerprint density at radius 2 is 2.08 bits per heavy atom. The number of hydrogen-bond donors (Lipinski definition) is 0. The van der Waals surface area contributed by atoms with Crippen LogP contribution in [0.5, 0.6) is 11.5 Å². The second kappa shape index (κ2) is 10.2. The molecule has 0 radical (unpaired) electrons. The monoisotopic (exact) mass is 384 g/mol. The van der Waals surface area contributed by atoms with Gasteiger partial charge < -0.3 is 14.2 Å². The zero-order valence-electron chi connectivity index (χ0n) is 14.2. The maximum atomic E-state index is 12.5. The Hall–Kier alpha value is -2.86. The van der Waals surface area contributed by atoms with Crippen LogP contribution in [-0.2, 0) is 9.53 Å². The molecule has 0 fully saturated rings. The van der Waals surface area contributed by atoms with E-state index in [0.29, 0.717) is 12.3 Å². The number of nitriles is 1. The first kappa shape index (κ1) is 21.2. The van der Waals surface area contributed by atoms with Crippen LogP contribution in [0.3, 0.4) is 0 Å². The molecule has 1 aromatic rings. The molecule has 140 valence electrons. The molecule has 9 nitrogen and oxygen atoms in total. The van der Waals surface area contributed by atoms with Gasteiger partial charge in [0.2, 0.25) is 5.92 Å². The van der Waals surface area contributed by atoms with E-state index in [1.54, 1.807) is 0 Å². The van der Waals surface area contributed by atoms with Gasteiger partial charge >= 0.3 is 5.97 Å². The number of benzene rings is 1. The SMILES string of the molecule is CCOC(=O)C(C#N)C(=O)c1cc(OC)c(OCCCCl)cc1[N+](=O)[O-]. The van der Waals surface area contributed by atoms with E-state index in [9.17, 15) is 19.7 Å². The third-order valence-electron chi connectivity index (χ3n) is 3.19. The van der Waals surface area contributed by atoms with Gasteiger partial charge in [0.05, 0.1) is 37.4 Å². The first-order valence-corrected chi connectivity index (χ1v) is 8.10. The van der Waals surface area contributed by atoms with Gasteiger partial charge in [-0.05, 0) is 13.3 Å². The lowest BCUT2D eigenvalue weighted by molar-refractivity contribution is -0.385. The van der Waals surface area contributed by atoms with E-state index in [0.717, 1.165) is 12.1 Å². The molecule has 0 N–H and O–H groups in total. The summed E-state index contributed by atoms with van der Waals surface area (Å²) >= 11 is 5.56. The highest BCUT2D eigenvalue weighted by Crippen LogP contribution is 2.36. The predicted octanol–water partition coefficient (Wildman–Crippen LogP) is 2.50. The molecule has 0 aliphatic carbocycles. The van der Waals surface area contributed by atoms with E-state index < -0.39 is 33.8 Å². The zero-order valence-corrected chi connectivity index (χ0v) is 14.9. The highest BCUT2D eigenvalue weighted by molar-refractivity contribution is 6.17. The van der Waals surface area contributed by atoms with E-state index in [4.69, 9.17) is 26.3 Å². The van der Waals surface area contributed by atoms with Crippen LogP contribution >= 0.6 is 11.6 Å². The molecule has 0 saturated carbocycles. The molecule has 1 atom stereocenters. The molecule has 0 aliphatic heterocycles. The summed E-state index contributed by atoms with van der Waals surface area (Å²) in [5, 5.41) is 20.5. The number of esters is 1. The van der Waals surface area contributed by atoms with Crippen molar-refractivity contribution in [3.63, 3.8) is 0 Å². The minimum atomic E-state index is -1.82. The summed E-state index contributed by atoms with van der Waals surface area (Å²) in [5.41, 5.74) is -1.06. The van der Waals surface area contributed by atoms with Crippen molar-refractivity contribution in [1.82, 2.24) is 0 Å². The van der Waals surface area contributed by atoms with Crippen molar-refractivity contribution >= 4 is 29.0 Å². The Morgan fingerprint density at radius 3 is 2.58 bits per heavy atom. The number of rotatable bonds is 10. The molecule has 10 heteroatoms. The van der Waals surface area contributed by atoms with Gasteiger partial charge in [0.15, 0.2) is 17.3 Å². The lowest BCUT2D eigenvalue weighted by Gasteiger charge is -2.13. The Kier molecular flexibility index (Phi) is 8.31. The molecular weight excluding hydrogens is 368 g/mol. The topological polar surface area (TPSA) is 129 Å². The van der Waals surface area contributed by atoms with E-state index in [1.807, 2.05) is 0 Å². The first-order chi connectivity index (χ1) is 12.4. The van der Waals surface area contributed by atoms with Gasteiger partial charge in [0, 0.05) is 11.9 Å². The van der Waals surface area contributed by atoms with Gasteiger partial charge in [-0.3, -0.25) is 19.7 Å². The minimum absolute atomic E-state index is 0.0386. The summed E-state index contributed by atoms with van der Waals surface area (Å²) in [4.78, 5) is 34.8. The largest absolute Gasteiger partial charge is 0.493 e. The Bertz CT molecular complexity index is 730. The predicted molar refractivity (Wildman–Crippen MR) is 90.5 cm³/mol. The van der Waals surface area contributed by atoms with Crippen molar-refractivity contribution < 1.29 is 28.7 Å². The van der Waals surface area contributed by atoms with E-state index in [1.165, 1.54) is 20.1 Å². The second-order valence-corrected chi connectivity index (χ2v) is 5.22. The van der Waals surface area contributed by atoms with Gasteiger partial charge in [0.25, 0.3) is 5.69 Å². The van der Waals surface area contributed by atoms with Crippen LogP contribution in [0, 0.1) is 27.4 Å². The molecule has 0 spiro atoms.